The van der Waals surface area contributed by atoms with Crippen LogP contribution in [0.4, 0.5) is 0 Å². The van der Waals surface area contributed by atoms with Gasteiger partial charge in [0.2, 0.25) is 5.91 Å². The van der Waals surface area contributed by atoms with Crippen molar-refractivity contribution in [3.05, 3.63) is 59.1 Å². The topological polar surface area (TPSA) is 61.4 Å². The summed E-state index contributed by atoms with van der Waals surface area (Å²) in [5.74, 6) is -0.0764. The van der Waals surface area contributed by atoms with Gasteiger partial charge in [0, 0.05) is 18.1 Å². The van der Waals surface area contributed by atoms with Gasteiger partial charge in [-0.3, -0.25) is 4.79 Å². The summed E-state index contributed by atoms with van der Waals surface area (Å²) >= 11 is 5.94. The van der Waals surface area contributed by atoms with Gasteiger partial charge in [0.15, 0.2) is 0 Å². The molecular formula is C18H20Cl2N2O2. The second-order valence-electron chi connectivity index (χ2n) is 5.73. The Morgan fingerprint density at radius 2 is 1.92 bits per heavy atom. The van der Waals surface area contributed by atoms with Crippen LogP contribution < -0.4 is 10.6 Å². The third-order valence-electron chi connectivity index (χ3n) is 4.05. The molecule has 2 aromatic rings. The molecule has 0 spiro atoms. The number of aliphatic hydroxyl groups is 1. The largest absolute Gasteiger partial charge is 0.392 e. The number of carbonyl (C=O) groups excluding carboxylic acids is 1. The van der Waals surface area contributed by atoms with Crippen LogP contribution in [0, 0.1) is 0 Å². The minimum Gasteiger partial charge on any atom is -0.392 e. The fraction of sp³-hybridized carbons (Fsp3) is 0.278. The molecule has 1 aliphatic heterocycles. The highest BCUT2D eigenvalue weighted by Gasteiger charge is 2.27. The first-order valence-electron chi connectivity index (χ1n) is 7.66. The Labute approximate surface area is 152 Å². The van der Waals surface area contributed by atoms with E-state index in [1.807, 2.05) is 48.5 Å². The van der Waals surface area contributed by atoms with Gasteiger partial charge in [0.05, 0.1) is 12.1 Å². The van der Waals surface area contributed by atoms with Crippen LogP contribution in [0.25, 0.3) is 11.1 Å². The molecule has 3 rings (SSSR count). The predicted molar refractivity (Wildman–Crippen MR) is 98.4 cm³/mol. The quantitative estimate of drug-likeness (QED) is 0.779. The molecule has 3 N–H and O–H groups in total. The van der Waals surface area contributed by atoms with Gasteiger partial charge < -0.3 is 15.7 Å². The monoisotopic (exact) mass is 366 g/mol. The molecule has 1 fully saturated rings. The zero-order valence-corrected chi connectivity index (χ0v) is 14.6. The highest BCUT2D eigenvalue weighted by Crippen LogP contribution is 2.25. The number of carbonyl (C=O) groups is 1. The summed E-state index contributed by atoms with van der Waals surface area (Å²) in [5.41, 5.74) is 3.18. The molecule has 0 radical (unpaired) electrons. The molecule has 2 aromatic carbocycles. The Morgan fingerprint density at radius 3 is 2.58 bits per heavy atom. The summed E-state index contributed by atoms with van der Waals surface area (Å²) in [6, 6.07) is 15.3. The Bertz CT molecular complexity index is 692. The number of benzene rings is 2. The number of nitrogens with one attached hydrogen (secondary N) is 2. The first-order valence-corrected chi connectivity index (χ1v) is 8.04. The van der Waals surface area contributed by atoms with Crippen molar-refractivity contribution >= 4 is 29.9 Å². The number of β-amino-alcohol motifs (C(OH)–C–C–N with tert-alkyl or cyclic N) is 1. The number of halogens is 2. The van der Waals surface area contributed by atoms with Gasteiger partial charge in [-0.05, 0) is 35.2 Å². The summed E-state index contributed by atoms with van der Waals surface area (Å²) in [4.78, 5) is 12.2. The van der Waals surface area contributed by atoms with Crippen LogP contribution in [0.1, 0.15) is 12.0 Å². The van der Waals surface area contributed by atoms with Gasteiger partial charge >= 0.3 is 0 Å². The summed E-state index contributed by atoms with van der Waals surface area (Å²) in [5, 5.41) is 16.2. The average Bonchev–Trinajstić information content (AvgIpc) is 3.00. The summed E-state index contributed by atoms with van der Waals surface area (Å²) in [7, 11) is 0. The van der Waals surface area contributed by atoms with E-state index in [1.165, 1.54) is 0 Å². The van der Waals surface area contributed by atoms with E-state index >= 15 is 0 Å². The van der Waals surface area contributed by atoms with Gasteiger partial charge in [0.25, 0.3) is 0 Å². The van der Waals surface area contributed by atoms with Crippen molar-refractivity contribution in [1.29, 1.82) is 0 Å². The van der Waals surface area contributed by atoms with Crippen LogP contribution in [0.5, 0.6) is 0 Å². The molecule has 1 saturated heterocycles. The zero-order chi connectivity index (χ0) is 16.2. The molecular weight excluding hydrogens is 347 g/mol. The van der Waals surface area contributed by atoms with E-state index in [2.05, 4.69) is 10.6 Å². The molecule has 1 heterocycles. The smallest absolute Gasteiger partial charge is 0.237 e. The second kappa shape index (κ2) is 8.49. The van der Waals surface area contributed by atoms with E-state index in [0.29, 0.717) is 24.5 Å². The van der Waals surface area contributed by atoms with Crippen LogP contribution in [-0.4, -0.2) is 29.7 Å². The van der Waals surface area contributed by atoms with Gasteiger partial charge in [-0.1, -0.05) is 48.0 Å². The van der Waals surface area contributed by atoms with E-state index in [0.717, 1.165) is 16.7 Å². The molecule has 0 aliphatic carbocycles. The van der Waals surface area contributed by atoms with E-state index < -0.39 is 6.10 Å². The fourth-order valence-corrected chi connectivity index (χ4v) is 2.93. The summed E-state index contributed by atoms with van der Waals surface area (Å²) in [6.45, 7) is 0.922. The van der Waals surface area contributed by atoms with Crippen molar-refractivity contribution in [3.8, 4) is 11.1 Å². The molecule has 2 unspecified atom stereocenters. The van der Waals surface area contributed by atoms with Crippen LogP contribution >= 0.6 is 24.0 Å². The lowest BCUT2D eigenvalue weighted by Crippen LogP contribution is -2.40. The second-order valence-corrected chi connectivity index (χ2v) is 6.17. The molecule has 1 aliphatic rings. The van der Waals surface area contributed by atoms with E-state index in [4.69, 9.17) is 11.6 Å². The number of aliphatic hydroxyl groups excluding tert-OH is 1. The van der Waals surface area contributed by atoms with E-state index in [9.17, 15) is 9.90 Å². The van der Waals surface area contributed by atoms with Gasteiger partial charge in [-0.25, -0.2) is 0 Å². The molecule has 0 bridgehead atoms. The van der Waals surface area contributed by atoms with Crippen molar-refractivity contribution in [3.63, 3.8) is 0 Å². The van der Waals surface area contributed by atoms with Gasteiger partial charge in [0.1, 0.15) is 0 Å². The van der Waals surface area contributed by atoms with Gasteiger partial charge in [-0.15, -0.1) is 12.4 Å². The van der Waals surface area contributed by atoms with Crippen LogP contribution in [-0.2, 0) is 11.3 Å². The Hall–Kier alpha value is -1.59. The SMILES string of the molecule is Cl.O=C(NCc1ccccc1-c1ccc(Cl)cc1)C1CC(O)CN1. The fourth-order valence-electron chi connectivity index (χ4n) is 2.81. The molecule has 0 saturated carbocycles. The van der Waals surface area contributed by atoms with Crippen LogP contribution in [0.2, 0.25) is 5.02 Å². The number of amides is 1. The first kappa shape index (κ1) is 18.7. The first-order chi connectivity index (χ1) is 11.1. The highest BCUT2D eigenvalue weighted by atomic mass is 35.5. The normalized spacial score (nSPS) is 19.6. The molecule has 0 aromatic heterocycles. The Balaban J connectivity index is 0.00000208. The molecule has 128 valence electrons. The maximum absolute atomic E-state index is 12.2. The van der Waals surface area contributed by atoms with E-state index in [1.54, 1.807) is 0 Å². The lowest BCUT2D eigenvalue weighted by atomic mass is 9.99. The van der Waals surface area contributed by atoms with Crippen molar-refractivity contribution in [1.82, 2.24) is 10.6 Å². The van der Waals surface area contributed by atoms with Gasteiger partial charge in [-0.2, -0.15) is 0 Å². The van der Waals surface area contributed by atoms with Crippen molar-refractivity contribution in [2.75, 3.05) is 6.54 Å². The number of hydrogen-bond acceptors (Lipinski definition) is 3. The average molecular weight is 367 g/mol. The summed E-state index contributed by atoms with van der Waals surface area (Å²) in [6.07, 6.45) is 0.0251. The standard InChI is InChI=1S/C18H19ClN2O2.ClH/c19-14-7-5-12(6-8-14)16-4-2-1-3-13(16)10-21-18(23)17-9-15(22)11-20-17;/h1-8,15,17,20,22H,9-11H2,(H,21,23);1H. The third kappa shape index (κ3) is 4.48. The maximum atomic E-state index is 12.2. The van der Waals surface area contributed by atoms with Crippen LogP contribution in [0.3, 0.4) is 0 Å². The number of rotatable bonds is 4. The maximum Gasteiger partial charge on any atom is 0.237 e. The Morgan fingerprint density at radius 1 is 1.21 bits per heavy atom. The third-order valence-corrected chi connectivity index (χ3v) is 4.30. The lowest BCUT2D eigenvalue weighted by Gasteiger charge is -2.14. The molecule has 6 heteroatoms. The minimum absolute atomic E-state index is 0. The summed E-state index contributed by atoms with van der Waals surface area (Å²) < 4.78 is 0. The number of hydrogen-bond donors (Lipinski definition) is 3. The molecule has 24 heavy (non-hydrogen) atoms. The minimum atomic E-state index is -0.438. The molecule has 2 atom stereocenters. The van der Waals surface area contributed by atoms with Crippen LogP contribution in [0.15, 0.2) is 48.5 Å². The predicted octanol–water partition coefficient (Wildman–Crippen LogP) is 2.77. The molecule has 1 amide bonds. The highest BCUT2D eigenvalue weighted by molar-refractivity contribution is 6.30. The molecule has 4 nitrogen and oxygen atoms in total. The van der Waals surface area contributed by atoms with Crippen molar-refractivity contribution in [2.24, 2.45) is 0 Å². The van der Waals surface area contributed by atoms with Crippen molar-refractivity contribution in [2.45, 2.75) is 25.1 Å². The lowest BCUT2D eigenvalue weighted by molar-refractivity contribution is -0.123. The van der Waals surface area contributed by atoms with E-state index in [-0.39, 0.29) is 24.4 Å². The Kier molecular flexibility index (Phi) is 6.63. The zero-order valence-electron chi connectivity index (χ0n) is 13.0. The van der Waals surface area contributed by atoms with Crippen molar-refractivity contribution < 1.29 is 9.90 Å².